The standard InChI is InChI=1S/C71H40O2/c1-3-20-51-45(16-1)46-17-2-4-21-54(46)70-69(51)56-23-6-10-30-61(56)71(70)60-29-9-5-22-55(60)68-57(28-15-31-62(68)71)67-52-26-13-24-43(41-34-36-49-47-18-7-11-32-63(47)72-65(49)38-41)58(52)40-59-44(25-14-27-53(59)67)42-35-37-50-48-19-8-12-33-64(48)73-66(50)39-42/h1-40H. The van der Waals surface area contributed by atoms with Gasteiger partial charge in [-0.3, -0.25) is 0 Å². The first-order valence-corrected chi connectivity index (χ1v) is 25.3. The zero-order valence-electron chi connectivity index (χ0n) is 39.4. The van der Waals surface area contributed by atoms with Crippen molar-refractivity contribution in [1.29, 1.82) is 0 Å². The minimum atomic E-state index is -0.571. The summed E-state index contributed by atoms with van der Waals surface area (Å²) in [7, 11) is 0. The van der Waals surface area contributed by atoms with E-state index in [1.54, 1.807) is 0 Å². The van der Waals surface area contributed by atoms with Gasteiger partial charge in [-0.05, 0) is 163 Å². The van der Waals surface area contributed by atoms with E-state index in [1.165, 1.54) is 98.7 Å². The highest BCUT2D eigenvalue weighted by Crippen LogP contribution is 2.67. The minimum absolute atomic E-state index is 0.571. The van der Waals surface area contributed by atoms with E-state index in [0.29, 0.717) is 0 Å². The summed E-state index contributed by atoms with van der Waals surface area (Å²) >= 11 is 0. The molecule has 2 heterocycles. The van der Waals surface area contributed by atoms with E-state index < -0.39 is 5.41 Å². The molecule has 0 bridgehead atoms. The van der Waals surface area contributed by atoms with E-state index in [1.807, 2.05) is 12.1 Å². The molecule has 0 saturated carbocycles. The molecule has 0 amide bonds. The van der Waals surface area contributed by atoms with Crippen LogP contribution in [0.1, 0.15) is 22.3 Å². The van der Waals surface area contributed by atoms with Crippen LogP contribution in [-0.2, 0) is 5.41 Å². The molecule has 1 atom stereocenters. The van der Waals surface area contributed by atoms with E-state index in [4.69, 9.17) is 8.83 Å². The van der Waals surface area contributed by atoms with Crippen molar-refractivity contribution in [3.05, 3.63) is 265 Å². The van der Waals surface area contributed by atoms with Crippen LogP contribution in [-0.4, -0.2) is 0 Å². The Hall–Kier alpha value is -9.50. The molecule has 0 radical (unpaired) electrons. The molecule has 0 saturated heterocycles. The lowest BCUT2D eigenvalue weighted by Gasteiger charge is -2.32. The van der Waals surface area contributed by atoms with Gasteiger partial charge in [0.2, 0.25) is 0 Å². The van der Waals surface area contributed by atoms with Crippen LogP contribution in [0.2, 0.25) is 0 Å². The highest BCUT2D eigenvalue weighted by molar-refractivity contribution is 6.24. The van der Waals surface area contributed by atoms with Crippen molar-refractivity contribution >= 4 is 87.0 Å². The summed E-state index contributed by atoms with van der Waals surface area (Å²) in [6, 6.07) is 90.1. The minimum Gasteiger partial charge on any atom is -0.456 e. The van der Waals surface area contributed by atoms with Crippen LogP contribution in [0.5, 0.6) is 0 Å². The van der Waals surface area contributed by atoms with Gasteiger partial charge in [0, 0.05) is 21.5 Å². The van der Waals surface area contributed by atoms with Gasteiger partial charge in [-0.15, -0.1) is 0 Å². The van der Waals surface area contributed by atoms with Gasteiger partial charge in [-0.1, -0.05) is 200 Å². The second-order valence-corrected chi connectivity index (χ2v) is 20.1. The SMILES string of the molecule is c1ccc2c(c1)-c1c(-c3c4cccc(-c5ccc6c(c5)oc5ccccc56)c4cc4c(-c5ccc6c(c5)oc5ccccc56)cccc34)cccc1C21c2ccccc2-c2c1c1ccccc1c1ccccc21. The molecule has 1 unspecified atom stereocenters. The monoisotopic (exact) mass is 924 g/mol. The average molecular weight is 925 g/mol. The molecule has 2 heteroatoms. The van der Waals surface area contributed by atoms with E-state index in [0.717, 1.165) is 66.1 Å². The predicted molar refractivity (Wildman–Crippen MR) is 304 cm³/mol. The van der Waals surface area contributed by atoms with Crippen molar-refractivity contribution < 1.29 is 8.83 Å². The summed E-state index contributed by atoms with van der Waals surface area (Å²) in [5.41, 5.74) is 20.6. The molecule has 0 aliphatic heterocycles. The van der Waals surface area contributed by atoms with Gasteiger partial charge in [0.25, 0.3) is 0 Å². The number of benzene rings is 13. The third kappa shape index (κ3) is 5.07. The Morgan fingerprint density at radius 1 is 0.219 bits per heavy atom. The summed E-state index contributed by atoms with van der Waals surface area (Å²) in [6.07, 6.45) is 0. The zero-order valence-corrected chi connectivity index (χ0v) is 39.4. The van der Waals surface area contributed by atoms with Gasteiger partial charge >= 0.3 is 0 Å². The first-order chi connectivity index (χ1) is 36.2. The second-order valence-electron chi connectivity index (χ2n) is 20.1. The fourth-order valence-electron chi connectivity index (χ4n) is 13.8. The Kier molecular flexibility index (Phi) is 7.70. The highest BCUT2D eigenvalue weighted by Gasteiger charge is 2.53. The second kappa shape index (κ2) is 14.3. The Morgan fingerprint density at radius 2 is 0.616 bits per heavy atom. The maximum Gasteiger partial charge on any atom is 0.136 e. The maximum absolute atomic E-state index is 6.54. The molecule has 13 aromatic carbocycles. The van der Waals surface area contributed by atoms with Crippen molar-refractivity contribution in [2.75, 3.05) is 0 Å². The molecule has 2 aliphatic carbocycles. The summed E-state index contributed by atoms with van der Waals surface area (Å²) in [5, 5.41) is 14.5. The van der Waals surface area contributed by atoms with Crippen molar-refractivity contribution in [1.82, 2.24) is 0 Å². The maximum atomic E-state index is 6.54. The van der Waals surface area contributed by atoms with Crippen LogP contribution in [0.15, 0.2) is 251 Å². The Morgan fingerprint density at radius 3 is 1.22 bits per heavy atom. The molecular weight excluding hydrogens is 885 g/mol. The van der Waals surface area contributed by atoms with Gasteiger partial charge < -0.3 is 8.83 Å². The third-order valence-corrected chi connectivity index (χ3v) is 16.7. The molecule has 0 N–H and O–H groups in total. The first-order valence-electron chi connectivity index (χ1n) is 25.3. The lowest BCUT2D eigenvalue weighted by atomic mass is 9.69. The molecule has 15 aromatic rings. The highest BCUT2D eigenvalue weighted by atomic mass is 16.3. The lowest BCUT2D eigenvalue weighted by molar-refractivity contribution is 0.668. The lowest BCUT2D eigenvalue weighted by Crippen LogP contribution is -2.26. The number of para-hydroxylation sites is 2. The van der Waals surface area contributed by atoms with Gasteiger partial charge in [-0.25, -0.2) is 0 Å². The van der Waals surface area contributed by atoms with Gasteiger partial charge in [0.15, 0.2) is 0 Å². The van der Waals surface area contributed by atoms with Crippen molar-refractivity contribution in [3.8, 4) is 55.6 Å². The van der Waals surface area contributed by atoms with Crippen LogP contribution in [0, 0.1) is 0 Å². The van der Waals surface area contributed by atoms with Crippen molar-refractivity contribution in [2.24, 2.45) is 0 Å². The van der Waals surface area contributed by atoms with Gasteiger partial charge in [0.05, 0.1) is 5.41 Å². The fourth-order valence-corrected chi connectivity index (χ4v) is 13.8. The van der Waals surface area contributed by atoms with E-state index in [2.05, 4.69) is 231 Å². The Balaban J connectivity index is 0.999. The smallest absolute Gasteiger partial charge is 0.136 e. The Bertz CT molecular complexity index is 4760. The Labute approximate surface area is 419 Å². The molecule has 17 rings (SSSR count). The van der Waals surface area contributed by atoms with Gasteiger partial charge in [0.1, 0.15) is 22.3 Å². The van der Waals surface area contributed by atoms with Crippen LogP contribution in [0.3, 0.4) is 0 Å². The number of hydrogen-bond acceptors (Lipinski definition) is 2. The molecule has 2 aromatic heterocycles. The molecule has 2 aliphatic rings. The first kappa shape index (κ1) is 39.2. The normalized spacial score (nSPS) is 14.6. The van der Waals surface area contributed by atoms with Crippen LogP contribution < -0.4 is 0 Å². The summed E-state index contributed by atoms with van der Waals surface area (Å²) in [5.74, 6) is 0. The quantitative estimate of drug-likeness (QED) is 0.130. The third-order valence-electron chi connectivity index (χ3n) is 16.7. The number of hydrogen-bond donors (Lipinski definition) is 0. The zero-order chi connectivity index (χ0) is 47.5. The molecule has 1 spiro atoms. The van der Waals surface area contributed by atoms with E-state index in [9.17, 15) is 0 Å². The van der Waals surface area contributed by atoms with E-state index in [-0.39, 0.29) is 0 Å². The predicted octanol–water partition coefficient (Wildman–Crippen LogP) is 19.4. The van der Waals surface area contributed by atoms with E-state index >= 15 is 0 Å². The molecule has 0 fully saturated rings. The van der Waals surface area contributed by atoms with Gasteiger partial charge in [-0.2, -0.15) is 0 Å². The molecule has 336 valence electrons. The summed E-state index contributed by atoms with van der Waals surface area (Å²) in [4.78, 5) is 0. The van der Waals surface area contributed by atoms with Crippen molar-refractivity contribution in [3.63, 3.8) is 0 Å². The topological polar surface area (TPSA) is 26.3 Å². The fraction of sp³-hybridized carbons (Fsp3) is 0.0141. The summed E-state index contributed by atoms with van der Waals surface area (Å²) in [6.45, 7) is 0. The van der Waals surface area contributed by atoms with Crippen LogP contribution in [0.4, 0.5) is 0 Å². The van der Waals surface area contributed by atoms with Crippen molar-refractivity contribution in [2.45, 2.75) is 5.41 Å². The molecule has 2 nitrogen and oxygen atoms in total. The van der Waals surface area contributed by atoms with Crippen LogP contribution in [0.25, 0.3) is 143 Å². The number of furan rings is 2. The van der Waals surface area contributed by atoms with Crippen LogP contribution >= 0.6 is 0 Å². The number of fused-ring (bicyclic) bond motifs is 23. The molecular formula is C71H40O2. The molecule has 73 heavy (non-hydrogen) atoms. The average Bonchev–Trinajstić information content (AvgIpc) is 4.19. The largest absolute Gasteiger partial charge is 0.456 e. The summed E-state index contributed by atoms with van der Waals surface area (Å²) < 4.78 is 13.1. The number of rotatable bonds is 3.